The van der Waals surface area contributed by atoms with Crippen LogP contribution in [-0.2, 0) is 56.3 Å². The van der Waals surface area contributed by atoms with Crippen LogP contribution in [0.2, 0.25) is 0 Å². The summed E-state index contributed by atoms with van der Waals surface area (Å²) in [5, 5.41) is 2.78. The molecule has 4 heterocycles. The zero-order chi connectivity index (χ0) is 53.3. The fraction of sp³-hybridized carbons (Fsp3) is 0.279. The molecule has 0 unspecified atom stereocenters. The van der Waals surface area contributed by atoms with Gasteiger partial charge in [0, 0.05) is 123 Å². The van der Waals surface area contributed by atoms with Gasteiger partial charge in [-0.2, -0.15) is 0 Å². The Hall–Kier alpha value is -8.58. The molecule has 75 heavy (non-hydrogen) atoms. The van der Waals surface area contributed by atoms with Crippen LogP contribution in [0, 0.1) is 42.4 Å². The van der Waals surface area contributed by atoms with E-state index in [-0.39, 0.29) is 28.9 Å². The summed E-state index contributed by atoms with van der Waals surface area (Å²) in [7, 11) is 2.65. The smallest absolute Gasteiger partial charge is 0.356 e. The maximum absolute atomic E-state index is 13.0. The number of rotatable bonds is 13. The highest BCUT2D eigenvalue weighted by atomic mass is 16.5. The lowest BCUT2D eigenvalue weighted by molar-refractivity contribution is -0.117. The number of aromatic nitrogens is 3. The number of nitrogens with zero attached hydrogens (tertiary/aromatic N) is 6. The average molecular weight is 1000 g/mol. The highest BCUT2D eigenvalue weighted by Gasteiger charge is 2.21. The van der Waals surface area contributed by atoms with Crippen molar-refractivity contribution in [1.29, 1.82) is 0 Å². The van der Waals surface area contributed by atoms with Crippen molar-refractivity contribution in [3.05, 3.63) is 188 Å². The van der Waals surface area contributed by atoms with Gasteiger partial charge < -0.3 is 14.8 Å². The molecule has 0 atom stereocenters. The molecule has 1 amide bonds. The van der Waals surface area contributed by atoms with E-state index in [0.717, 1.165) is 44.8 Å². The quantitative estimate of drug-likeness (QED) is 0.0931. The minimum atomic E-state index is -0.571. The molecule has 380 valence electrons. The summed E-state index contributed by atoms with van der Waals surface area (Å²) in [6, 6.07) is 33.5. The van der Waals surface area contributed by atoms with Gasteiger partial charge in [-0.3, -0.25) is 34.1 Å². The van der Waals surface area contributed by atoms with E-state index in [1.807, 2.05) is 104 Å². The van der Waals surface area contributed by atoms with Gasteiger partial charge in [0.25, 0.3) is 0 Å². The monoisotopic (exact) mass is 1000 g/mol. The number of carbonyl (C=O) groups excluding carboxylic acids is 5. The van der Waals surface area contributed by atoms with Gasteiger partial charge in [0.1, 0.15) is 23.0 Å². The largest absolute Gasteiger partial charge is 0.464 e. The lowest BCUT2D eigenvalue weighted by atomic mass is 10.1. The number of nitrogens with one attached hydrogen (secondary N) is 1. The van der Waals surface area contributed by atoms with Crippen LogP contribution in [0.5, 0.6) is 0 Å². The molecule has 3 aromatic carbocycles. The van der Waals surface area contributed by atoms with Crippen molar-refractivity contribution in [2.75, 3.05) is 58.8 Å². The maximum atomic E-state index is 13.0. The van der Waals surface area contributed by atoms with Gasteiger partial charge in [0.15, 0.2) is 0 Å². The van der Waals surface area contributed by atoms with Gasteiger partial charge in [-0.05, 0) is 117 Å². The summed E-state index contributed by atoms with van der Waals surface area (Å²) in [6.45, 7) is 11.8. The normalized spacial score (nSPS) is 12.9. The topological polar surface area (TPSA) is 164 Å². The molecule has 3 aromatic heterocycles. The van der Waals surface area contributed by atoms with Crippen molar-refractivity contribution in [3.63, 3.8) is 0 Å². The molecule has 0 aliphatic carbocycles. The zero-order valence-corrected chi connectivity index (χ0v) is 43.2. The molecule has 0 radical (unpaired) electrons. The molecule has 0 bridgehead atoms. The summed E-state index contributed by atoms with van der Waals surface area (Å²) in [5.74, 6) is 18.2. The van der Waals surface area contributed by atoms with Crippen LogP contribution in [0.25, 0.3) is 0 Å². The van der Waals surface area contributed by atoms with Crippen molar-refractivity contribution in [1.82, 2.24) is 29.7 Å². The number of aryl methyl sites for hydroxylation is 1. The Morgan fingerprint density at radius 1 is 0.467 bits per heavy atom. The maximum Gasteiger partial charge on any atom is 0.356 e. The molecule has 14 heteroatoms. The van der Waals surface area contributed by atoms with E-state index in [0.29, 0.717) is 99.9 Å². The van der Waals surface area contributed by atoms with Crippen LogP contribution in [0.4, 0.5) is 5.69 Å². The first-order chi connectivity index (χ1) is 36.1. The number of esters is 2. The summed E-state index contributed by atoms with van der Waals surface area (Å²) in [6.07, 6.45) is 0.707. The second kappa shape index (κ2) is 26.4. The van der Waals surface area contributed by atoms with Crippen LogP contribution in [-0.4, -0.2) is 113 Å². The highest BCUT2D eigenvalue weighted by Crippen LogP contribution is 2.17. The molecule has 0 saturated carbocycles. The van der Waals surface area contributed by atoms with Crippen molar-refractivity contribution < 1.29 is 33.4 Å². The predicted molar refractivity (Wildman–Crippen MR) is 286 cm³/mol. The number of methoxy groups -OCH3 is 2. The van der Waals surface area contributed by atoms with Crippen molar-refractivity contribution in [3.8, 4) is 35.5 Å². The van der Waals surface area contributed by atoms with Gasteiger partial charge in [0.05, 0.1) is 31.3 Å². The number of anilines is 1. The van der Waals surface area contributed by atoms with E-state index >= 15 is 0 Å². The molecule has 1 aliphatic heterocycles. The number of hydrogen-bond donors (Lipinski definition) is 1. The number of Topliss-reactive ketones (excluding diaryl/α,β-unsaturated/α-hetero) is 2. The Morgan fingerprint density at radius 3 is 1.15 bits per heavy atom. The van der Waals surface area contributed by atoms with Gasteiger partial charge in [-0.15, -0.1) is 0 Å². The Morgan fingerprint density at radius 2 is 0.800 bits per heavy atom. The molecule has 7 rings (SSSR count). The van der Waals surface area contributed by atoms with Crippen LogP contribution < -0.4 is 5.32 Å². The van der Waals surface area contributed by atoms with Crippen molar-refractivity contribution >= 4 is 35.1 Å². The molecule has 0 spiro atoms. The second-order valence-corrected chi connectivity index (χ2v) is 18.4. The first kappa shape index (κ1) is 54.2. The van der Waals surface area contributed by atoms with Crippen LogP contribution in [0.3, 0.4) is 0 Å². The van der Waals surface area contributed by atoms with E-state index in [2.05, 4.69) is 55.5 Å². The number of carbonyl (C=O) groups is 5. The summed E-state index contributed by atoms with van der Waals surface area (Å²) in [5.41, 5.74) is 10.2. The number of ketones is 2. The molecular weight excluding hydrogens is 943 g/mol. The minimum Gasteiger partial charge on any atom is -0.464 e. The third-order valence-corrected chi connectivity index (χ3v) is 12.0. The van der Waals surface area contributed by atoms with Crippen LogP contribution >= 0.6 is 0 Å². The minimum absolute atomic E-state index is 0.0823. The Labute approximate surface area is 438 Å². The lowest BCUT2D eigenvalue weighted by Crippen LogP contribution is -2.36. The Bertz CT molecular complexity index is 3110. The van der Waals surface area contributed by atoms with E-state index in [1.54, 1.807) is 26.0 Å². The number of ether oxygens (including phenoxy) is 2. The predicted octanol–water partition coefficient (Wildman–Crippen LogP) is 6.99. The fourth-order valence-corrected chi connectivity index (χ4v) is 8.40. The molecule has 14 nitrogen and oxygen atoms in total. The third-order valence-electron chi connectivity index (χ3n) is 12.0. The summed E-state index contributed by atoms with van der Waals surface area (Å²) in [4.78, 5) is 82.2. The molecule has 1 fully saturated rings. The molecule has 6 aromatic rings. The van der Waals surface area contributed by atoms with E-state index in [1.165, 1.54) is 21.1 Å². The zero-order valence-electron chi connectivity index (χ0n) is 43.2. The number of amides is 1. The molecule has 1 saturated heterocycles. The fourth-order valence-electron chi connectivity index (χ4n) is 8.40. The highest BCUT2D eigenvalue weighted by molar-refractivity contribution is 5.89. The van der Waals surface area contributed by atoms with E-state index < -0.39 is 11.9 Å². The van der Waals surface area contributed by atoms with Gasteiger partial charge in [-0.1, -0.05) is 59.8 Å². The second-order valence-electron chi connectivity index (χ2n) is 18.4. The van der Waals surface area contributed by atoms with Gasteiger partial charge in [-0.25, -0.2) is 19.6 Å². The van der Waals surface area contributed by atoms with Gasteiger partial charge >= 0.3 is 11.9 Å². The number of benzene rings is 3. The van der Waals surface area contributed by atoms with Crippen LogP contribution in [0.1, 0.15) is 109 Å². The Balaban J connectivity index is 1.17. The van der Waals surface area contributed by atoms with Crippen molar-refractivity contribution in [2.45, 2.75) is 60.2 Å². The molecule has 1 N–H and O–H groups in total. The third kappa shape index (κ3) is 17.3. The average Bonchev–Trinajstić information content (AvgIpc) is 3.47. The van der Waals surface area contributed by atoms with Crippen LogP contribution in [0.15, 0.2) is 109 Å². The summed E-state index contributed by atoms with van der Waals surface area (Å²) < 4.78 is 10.2. The lowest BCUT2D eigenvalue weighted by Gasteiger charge is -2.25. The SMILES string of the molecule is COC(=O)c1cc(C#Cc2ccc(CC(C)=O)cc2)cc(CN2CCN(Cc3cc(C#Cc4ccc(NC(C)=O)cc4)cc(C)n3)CCN(Cc3cc(C#Cc4ccc(CC(C)=O)cc4)cc(C(=O)OC)n3)CC2)n1. The van der Waals surface area contributed by atoms with Gasteiger partial charge in [0.2, 0.25) is 5.91 Å². The van der Waals surface area contributed by atoms with Crippen molar-refractivity contribution in [2.24, 2.45) is 0 Å². The standard InChI is InChI=1S/C61H59N7O7/c1-42-31-51(18-11-48-21-23-54(24-22-48)63-45(4)71)34-55(62-42)39-66-25-27-67(40-56-35-52(37-58(64-56)60(72)74-5)19-12-46-7-14-49(15-8-46)32-43(2)69)29-30-68(28-26-66)41-57-36-53(38-59(65-57)61(73)75-6)20-13-47-9-16-50(17-10-47)33-44(3)70/h7-10,14-17,21-24,31,34-38H,25-30,32-33,39-41H2,1-6H3,(H,63,71). The first-order valence-corrected chi connectivity index (χ1v) is 24.6. The number of pyridine rings is 3. The molecule has 1 aliphatic rings. The van der Waals surface area contributed by atoms with E-state index in [4.69, 9.17) is 24.4 Å². The Kier molecular flexibility index (Phi) is 19.1. The summed E-state index contributed by atoms with van der Waals surface area (Å²) >= 11 is 0. The first-order valence-electron chi connectivity index (χ1n) is 24.6. The molecular formula is C61H59N7O7. The van der Waals surface area contributed by atoms with E-state index in [9.17, 15) is 24.0 Å². The number of hydrogen-bond acceptors (Lipinski definition) is 13.